The Morgan fingerprint density at radius 3 is 2.71 bits per heavy atom. The monoisotopic (exact) mass is 231 g/mol. The van der Waals surface area contributed by atoms with Crippen LogP contribution in [0.4, 0.5) is 5.82 Å². The number of pyridine rings is 1. The Hall–Kier alpha value is -1.88. The maximum Gasteiger partial charge on any atom is 0.156 e. The summed E-state index contributed by atoms with van der Waals surface area (Å²) in [7, 11) is 0. The van der Waals surface area contributed by atoms with E-state index < -0.39 is 0 Å². The fourth-order valence-corrected chi connectivity index (χ4v) is 2.03. The van der Waals surface area contributed by atoms with Crippen LogP contribution in [-0.2, 0) is 6.42 Å². The van der Waals surface area contributed by atoms with Crippen LogP contribution in [-0.4, -0.2) is 14.8 Å². The molecule has 0 aromatic carbocycles. The van der Waals surface area contributed by atoms with Gasteiger partial charge in [0, 0.05) is 5.69 Å². The predicted octanol–water partition coefficient (Wildman–Crippen LogP) is 1.73. The number of nitrogens with two attached hydrogens (primary N) is 1. The second-order valence-corrected chi connectivity index (χ2v) is 3.94. The minimum atomic E-state index is 0.633. The van der Waals surface area contributed by atoms with Crippen molar-refractivity contribution in [2.75, 3.05) is 5.43 Å². The molecule has 0 aliphatic carbocycles. The van der Waals surface area contributed by atoms with E-state index >= 15 is 0 Å². The van der Waals surface area contributed by atoms with Crippen LogP contribution < -0.4 is 11.3 Å². The maximum absolute atomic E-state index is 5.35. The lowest BCUT2D eigenvalue weighted by atomic mass is 10.1. The SMILES string of the molecule is CCc1c(C)nn(-c2cccc(NN)n2)c1C. The summed E-state index contributed by atoms with van der Waals surface area (Å²) in [6.07, 6.45) is 0.979. The summed E-state index contributed by atoms with van der Waals surface area (Å²) >= 11 is 0. The first-order chi connectivity index (χ1) is 8.17. The zero-order valence-electron chi connectivity index (χ0n) is 10.4. The second-order valence-electron chi connectivity index (χ2n) is 3.94. The Morgan fingerprint density at radius 1 is 1.35 bits per heavy atom. The fraction of sp³-hybridized carbons (Fsp3) is 0.333. The third-order valence-electron chi connectivity index (χ3n) is 2.89. The van der Waals surface area contributed by atoms with Crippen molar-refractivity contribution in [1.29, 1.82) is 0 Å². The van der Waals surface area contributed by atoms with E-state index in [1.165, 1.54) is 5.56 Å². The molecule has 17 heavy (non-hydrogen) atoms. The van der Waals surface area contributed by atoms with Crippen molar-refractivity contribution in [2.45, 2.75) is 27.2 Å². The number of aryl methyl sites for hydroxylation is 1. The normalized spacial score (nSPS) is 10.6. The van der Waals surface area contributed by atoms with Crippen molar-refractivity contribution in [3.8, 4) is 5.82 Å². The van der Waals surface area contributed by atoms with Gasteiger partial charge >= 0.3 is 0 Å². The molecule has 0 unspecified atom stereocenters. The smallest absolute Gasteiger partial charge is 0.156 e. The van der Waals surface area contributed by atoms with Gasteiger partial charge in [-0.2, -0.15) is 5.10 Å². The average Bonchev–Trinajstić information content (AvgIpc) is 2.64. The quantitative estimate of drug-likeness (QED) is 0.623. The molecule has 0 amide bonds. The van der Waals surface area contributed by atoms with Gasteiger partial charge in [0.05, 0.1) is 5.69 Å². The molecule has 0 fully saturated rings. The van der Waals surface area contributed by atoms with Crippen LogP contribution in [0.15, 0.2) is 18.2 Å². The van der Waals surface area contributed by atoms with Gasteiger partial charge in [0.2, 0.25) is 0 Å². The van der Waals surface area contributed by atoms with Crippen LogP contribution in [0.1, 0.15) is 23.9 Å². The van der Waals surface area contributed by atoms with Crippen molar-refractivity contribution in [1.82, 2.24) is 14.8 Å². The molecule has 5 heteroatoms. The minimum Gasteiger partial charge on any atom is -0.308 e. The first kappa shape index (κ1) is 11.6. The van der Waals surface area contributed by atoms with Gasteiger partial charge in [-0.05, 0) is 38.0 Å². The maximum atomic E-state index is 5.35. The van der Waals surface area contributed by atoms with E-state index in [2.05, 4.69) is 29.4 Å². The number of anilines is 1. The summed E-state index contributed by atoms with van der Waals surface area (Å²) in [6, 6.07) is 5.63. The molecule has 0 aliphatic rings. The van der Waals surface area contributed by atoms with Gasteiger partial charge in [-0.3, -0.25) is 0 Å². The van der Waals surface area contributed by atoms with Gasteiger partial charge in [0.15, 0.2) is 5.82 Å². The highest BCUT2D eigenvalue weighted by atomic mass is 15.3. The topological polar surface area (TPSA) is 68.8 Å². The number of hydrogen-bond acceptors (Lipinski definition) is 4. The van der Waals surface area contributed by atoms with Crippen molar-refractivity contribution in [3.63, 3.8) is 0 Å². The van der Waals surface area contributed by atoms with E-state index in [4.69, 9.17) is 5.84 Å². The van der Waals surface area contributed by atoms with Gasteiger partial charge in [-0.1, -0.05) is 13.0 Å². The lowest BCUT2D eigenvalue weighted by Crippen LogP contribution is -2.10. The highest BCUT2D eigenvalue weighted by molar-refractivity contribution is 5.40. The Balaban J connectivity index is 2.52. The number of aromatic nitrogens is 3. The van der Waals surface area contributed by atoms with Gasteiger partial charge in [-0.15, -0.1) is 0 Å². The summed E-state index contributed by atoms with van der Waals surface area (Å²) < 4.78 is 1.86. The number of nitrogens with one attached hydrogen (secondary N) is 1. The van der Waals surface area contributed by atoms with E-state index in [9.17, 15) is 0 Å². The molecule has 90 valence electrons. The molecule has 2 heterocycles. The number of hydrogen-bond donors (Lipinski definition) is 2. The van der Waals surface area contributed by atoms with Gasteiger partial charge in [0.1, 0.15) is 5.82 Å². The Labute approximate surface area is 101 Å². The molecule has 0 aliphatic heterocycles. The van der Waals surface area contributed by atoms with Crippen LogP contribution in [0.2, 0.25) is 0 Å². The molecule has 0 bridgehead atoms. The molecule has 2 rings (SSSR count). The van der Waals surface area contributed by atoms with Crippen molar-refractivity contribution in [3.05, 3.63) is 35.2 Å². The highest BCUT2D eigenvalue weighted by Gasteiger charge is 2.11. The summed E-state index contributed by atoms with van der Waals surface area (Å²) in [5.74, 6) is 6.76. The molecule has 5 nitrogen and oxygen atoms in total. The van der Waals surface area contributed by atoms with Crippen LogP contribution >= 0.6 is 0 Å². The molecule has 2 aromatic heterocycles. The Kier molecular flexibility index (Phi) is 3.10. The zero-order valence-corrected chi connectivity index (χ0v) is 10.4. The first-order valence-corrected chi connectivity index (χ1v) is 5.66. The van der Waals surface area contributed by atoms with Gasteiger partial charge in [0.25, 0.3) is 0 Å². The van der Waals surface area contributed by atoms with E-state index in [-0.39, 0.29) is 0 Å². The number of nitrogens with zero attached hydrogens (tertiary/aromatic N) is 3. The van der Waals surface area contributed by atoms with Crippen LogP contribution in [0, 0.1) is 13.8 Å². The number of hydrazine groups is 1. The standard InChI is InChI=1S/C12H17N5/c1-4-10-8(2)16-17(9(10)3)12-7-5-6-11(14-12)15-13/h5-7H,4,13H2,1-3H3,(H,14,15). The highest BCUT2D eigenvalue weighted by Crippen LogP contribution is 2.17. The number of nitrogen functional groups attached to an aromatic ring is 1. The lowest BCUT2D eigenvalue weighted by Gasteiger charge is -2.05. The third kappa shape index (κ3) is 2.01. The van der Waals surface area contributed by atoms with E-state index in [1.807, 2.05) is 29.8 Å². The Bertz CT molecular complexity index is 530. The first-order valence-electron chi connectivity index (χ1n) is 5.66. The van der Waals surface area contributed by atoms with Crippen molar-refractivity contribution >= 4 is 5.82 Å². The summed E-state index contributed by atoms with van der Waals surface area (Å²) in [5, 5.41) is 4.51. The van der Waals surface area contributed by atoms with E-state index in [0.29, 0.717) is 5.82 Å². The van der Waals surface area contributed by atoms with Crippen molar-refractivity contribution < 1.29 is 0 Å². The fourth-order valence-electron chi connectivity index (χ4n) is 2.03. The molecule has 2 aromatic rings. The summed E-state index contributed by atoms with van der Waals surface area (Å²) in [5.41, 5.74) is 6.00. The lowest BCUT2D eigenvalue weighted by molar-refractivity contribution is 0.805. The molecule has 0 saturated carbocycles. The molecule has 0 radical (unpaired) electrons. The largest absolute Gasteiger partial charge is 0.308 e. The molecule has 0 atom stereocenters. The molecule has 3 N–H and O–H groups in total. The Morgan fingerprint density at radius 2 is 2.12 bits per heavy atom. The van der Waals surface area contributed by atoms with Crippen molar-refractivity contribution in [2.24, 2.45) is 5.84 Å². The van der Waals surface area contributed by atoms with Crippen LogP contribution in [0.25, 0.3) is 5.82 Å². The van der Waals surface area contributed by atoms with Crippen LogP contribution in [0.3, 0.4) is 0 Å². The van der Waals surface area contributed by atoms with E-state index in [0.717, 1.165) is 23.6 Å². The molecular formula is C12H17N5. The van der Waals surface area contributed by atoms with Crippen LogP contribution in [0.5, 0.6) is 0 Å². The van der Waals surface area contributed by atoms with Gasteiger partial charge in [-0.25, -0.2) is 15.5 Å². The molecule has 0 spiro atoms. The summed E-state index contributed by atoms with van der Waals surface area (Å²) in [4.78, 5) is 4.38. The minimum absolute atomic E-state index is 0.633. The van der Waals surface area contributed by atoms with E-state index in [1.54, 1.807) is 0 Å². The number of rotatable bonds is 3. The molecule has 0 saturated heterocycles. The summed E-state index contributed by atoms with van der Waals surface area (Å²) in [6.45, 7) is 6.21. The second kappa shape index (κ2) is 4.55. The average molecular weight is 231 g/mol. The predicted molar refractivity (Wildman–Crippen MR) is 68.0 cm³/mol. The zero-order chi connectivity index (χ0) is 12.4. The van der Waals surface area contributed by atoms with Gasteiger partial charge < -0.3 is 5.43 Å². The molecular weight excluding hydrogens is 214 g/mol. The third-order valence-corrected chi connectivity index (χ3v) is 2.89.